The predicted molar refractivity (Wildman–Crippen MR) is 101 cm³/mol. The second kappa shape index (κ2) is 8.97. The van der Waals surface area contributed by atoms with Gasteiger partial charge in [-0.05, 0) is 17.7 Å². The number of benzene rings is 2. The van der Waals surface area contributed by atoms with E-state index >= 15 is 0 Å². The molecule has 7 nitrogen and oxygen atoms in total. The highest BCUT2D eigenvalue weighted by Gasteiger charge is 2.56. The zero-order valence-electron chi connectivity index (χ0n) is 15.7. The molecule has 0 aliphatic carbocycles. The molecule has 0 heterocycles. The normalized spacial score (nSPS) is 13.9. The van der Waals surface area contributed by atoms with Crippen LogP contribution in [0.5, 0.6) is 0 Å². The van der Waals surface area contributed by atoms with Crippen LogP contribution in [0.15, 0.2) is 65.6 Å². The lowest BCUT2D eigenvalue weighted by Gasteiger charge is -2.37. The molecule has 2 aromatic rings. The number of carbonyl (C=O) groups excluding carboxylic acids is 1. The lowest BCUT2D eigenvalue weighted by molar-refractivity contribution is -0.236. The van der Waals surface area contributed by atoms with Gasteiger partial charge in [-0.3, -0.25) is 0 Å². The number of methoxy groups -OCH3 is 3. The van der Waals surface area contributed by atoms with Gasteiger partial charge in [-0.2, -0.15) is 5.26 Å². The summed E-state index contributed by atoms with van der Waals surface area (Å²) in [4.78, 5) is 12.6. The summed E-state index contributed by atoms with van der Waals surface area (Å²) in [6.07, 6.45) is 0. The lowest BCUT2D eigenvalue weighted by Crippen LogP contribution is -2.53. The summed E-state index contributed by atoms with van der Waals surface area (Å²) in [5, 5.41) is 8.19. The van der Waals surface area contributed by atoms with Gasteiger partial charge in [-0.15, -0.1) is 0 Å². The summed E-state index contributed by atoms with van der Waals surface area (Å²) < 4.78 is 42.1. The molecule has 8 heteroatoms. The second-order valence-electron chi connectivity index (χ2n) is 5.86. The number of hydrogen-bond donors (Lipinski definition) is 0. The summed E-state index contributed by atoms with van der Waals surface area (Å²) in [7, 11) is -0.654. The Morgan fingerprint density at radius 1 is 0.964 bits per heavy atom. The fourth-order valence-corrected chi connectivity index (χ4v) is 4.77. The maximum atomic E-state index is 13.3. The Balaban J connectivity index is 2.78. The third-order valence-electron chi connectivity index (χ3n) is 4.48. The van der Waals surface area contributed by atoms with Crippen molar-refractivity contribution in [1.29, 1.82) is 5.26 Å². The second-order valence-corrected chi connectivity index (χ2v) is 7.93. The molecule has 0 saturated heterocycles. The Morgan fingerprint density at radius 3 is 1.89 bits per heavy atom. The molecule has 0 N–H and O–H groups in total. The van der Waals surface area contributed by atoms with E-state index in [0.717, 1.165) is 7.11 Å². The van der Waals surface area contributed by atoms with Crippen LogP contribution in [0.3, 0.4) is 0 Å². The SMILES string of the molecule is COC(=O)C(OC)(OC)[C@H](c1ccccc1)[C@H](C#N)S(=O)(=O)c1ccccc1. The van der Waals surface area contributed by atoms with E-state index in [1.165, 1.54) is 26.4 Å². The molecule has 0 amide bonds. The molecule has 0 radical (unpaired) electrons. The Bertz CT molecular complexity index is 934. The van der Waals surface area contributed by atoms with Crippen molar-refractivity contribution in [2.24, 2.45) is 0 Å². The topological polar surface area (TPSA) is 103 Å². The zero-order chi connectivity index (χ0) is 20.8. The Morgan fingerprint density at radius 2 is 1.46 bits per heavy atom. The minimum atomic E-state index is -4.17. The minimum Gasteiger partial charge on any atom is -0.465 e. The van der Waals surface area contributed by atoms with Crippen LogP contribution in [0.1, 0.15) is 11.5 Å². The number of nitriles is 1. The van der Waals surface area contributed by atoms with E-state index < -0.39 is 32.8 Å². The molecule has 0 aliphatic rings. The third-order valence-corrected chi connectivity index (χ3v) is 6.46. The average Bonchev–Trinajstić information content (AvgIpc) is 2.75. The summed E-state index contributed by atoms with van der Waals surface area (Å²) in [6, 6.07) is 17.7. The van der Waals surface area contributed by atoms with Crippen LogP contribution in [0.2, 0.25) is 0 Å². The maximum absolute atomic E-state index is 13.3. The van der Waals surface area contributed by atoms with Gasteiger partial charge in [-0.1, -0.05) is 48.5 Å². The first kappa shape index (κ1) is 21.6. The minimum absolute atomic E-state index is 0.0477. The van der Waals surface area contributed by atoms with Gasteiger partial charge in [0.05, 0.1) is 24.0 Å². The van der Waals surface area contributed by atoms with Crippen LogP contribution in [0.4, 0.5) is 0 Å². The first-order valence-electron chi connectivity index (χ1n) is 8.31. The molecule has 0 aromatic heterocycles. The molecule has 28 heavy (non-hydrogen) atoms. The molecule has 0 aliphatic heterocycles. The number of rotatable bonds is 8. The number of sulfone groups is 1. The highest BCUT2D eigenvalue weighted by atomic mass is 32.2. The van der Waals surface area contributed by atoms with Crippen molar-refractivity contribution in [3.05, 3.63) is 66.2 Å². The lowest BCUT2D eigenvalue weighted by atomic mass is 9.87. The van der Waals surface area contributed by atoms with Gasteiger partial charge in [0.25, 0.3) is 5.79 Å². The van der Waals surface area contributed by atoms with Gasteiger partial charge in [-0.25, -0.2) is 13.2 Å². The van der Waals surface area contributed by atoms with Gasteiger partial charge >= 0.3 is 5.97 Å². The molecular weight excluding hydrogens is 382 g/mol. The molecule has 0 unspecified atom stereocenters. The maximum Gasteiger partial charge on any atom is 0.367 e. The molecule has 148 valence electrons. The first-order chi connectivity index (χ1) is 13.4. The largest absolute Gasteiger partial charge is 0.465 e. The smallest absolute Gasteiger partial charge is 0.367 e. The van der Waals surface area contributed by atoms with Crippen LogP contribution in [0.25, 0.3) is 0 Å². The van der Waals surface area contributed by atoms with Crippen molar-refractivity contribution >= 4 is 15.8 Å². The van der Waals surface area contributed by atoms with Gasteiger partial charge in [0.15, 0.2) is 15.1 Å². The molecule has 0 saturated carbocycles. The van der Waals surface area contributed by atoms with Crippen LogP contribution in [-0.2, 0) is 28.8 Å². The summed E-state index contributed by atoms with van der Waals surface area (Å²) in [6.45, 7) is 0. The van der Waals surface area contributed by atoms with Gasteiger partial charge < -0.3 is 14.2 Å². The molecule has 2 atom stereocenters. The Kier molecular flexibility index (Phi) is 6.91. The van der Waals surface area contributed by atoms with E-state index in [1.54, 1.807) is 48.5 Å². The van der Waals surface area contributed by atoms with E-state index in [1.807, 2.05) is 6.07 Å². The number of esters is 1. The molecular formula is C20H21NO6S. The van der Waals surface area contributed by atoms with Crippen LogP contribution >= 0.6 is 0 Å². The monoisotopic (exact) mass is 403 g/mol. The number of hydrogen-bond acceptors (Lipinski definition) is 7. The highest BCUT2D eigenvalue weighted by molar-refractivity contribution is 7.92. The van der Waals surface area contributed by atoms with Crippen molar-refractivity contribution in [1.82, 2.24) is 0 Å². The van der Waals surface area contributed by atoms with Crippen molar-refractivity contribution < 1.29 is 27.4 Å². The van der Waals surface area contributed by atoms with Crippen LogP contribution in [-0.4, -0.2) is 46.8 Å². The van der Waals surface area contributed by atoms with E-state index in [9.17, 15) is 18.5 Å². The fourth-order valence-electron chi connectivity index (χ4n) is 3.11. The fraction of sp³-hybridized carbons (Fsp3) is 0.300. The van der Waals surface area contributed by atoms with Crippen LogP contribution in [0, 0.1) is 11.3 Å². The summed E-state index contributed by atoms with van der Waals surface area (Å²) in [5.74, 6) is -4.40. The quantitative estimate of drug-likeness (QED) is 0.492. The Labute approximate surface area is 164 Å². The van der Waals surface area contributed by atoms with E-state index in [2.05, 4.69) is 0 Å². The van der Waals surface area contributed by atoms with Crippen molar-refractivity contribution in [2.75, 3.05) is 21.3 Å². The molecule has 0 fully saturated rings. The zero-order valence-corrected chi connectivity index (χ0v) is 16.5. The molecule has 2 aromatic carbocycles. The van der Waals surface area contributed by atoms with Gasteiger partial charge in [0, 0.05) is 14.2 Å². The van der Waals surface area contributed by atoms with E-state index in [-0.39, 0.29) is 4.90 Å². The summed E-state index contributed by atoms with van der Waals surface area (Å²) in [5.41, 5.74) is 0.377. The van der Waals surface area contributed by atoms with Gasteiger partial charge in [0.1, 0.15) is 0 Å². The molecule has 0 spiro atoms. The number of ether oxygens (including phenoxy) is 3. The molecule has 0 bridgehead atoms. The van der Waals surface area contributed by atoms with E-state index in [0.29, 0.717) is 5.56 Å². The number of nitrogens with zero attached hydrogens (tertiary/aromatic N) is 1. The summed E-state index contributed by atoms with van der Waals surface area (Å²) >= 11 is 0. The Hall–Kier alpha value is -2.73. The average molecular weight is 403 g/mol. The van der Waals surface area contributed by atoms with E-state index in [4.69, 9.17) is 14.2 Å². The van der Waals surface area contributed by atoms with Crippen molar-refractivity contribution in [3.8, 4) is 6.07 Å². The first-order valence-corrected chi connectivity index (χ1v) is 9.86. The van der Waals surface area contributed by atoms with Crippen LogP contribution < -0.4 is 0 Å². The highest BCUT2D eigenvalue weighted by Crippen LogP contribution is 2.40. The molecule has 2 rings (SSSR count). The predicted octanol–water partition coefficient (Wildman–Crippen LogP) is 2.30. The van der Waals surface area contributed by atoms with Crippen molar-refractivity contribution in [3.63, 3.8) is 0 Å². The number of carbonyl (C=O) groups is 1. The third kappa shape index (κ3) is 3.78. The van der Waals surface area contributed by atoms with Gasteiger partial charge in [0.2, 0.25) is 0 Å². The van der Waals surface area contributed by atoms with Crippen molar-refractivity contribution in [2.45, 2.75) is 21.9 Å². The standard InChI is InChI=1S/C20H21NO6S/c1-25-19(22)20(26-2,27-3)18(15-10-6-4-7-11-15)17(14-21)28(23,24)16-12-8-5-9-13-16/h4-13,17-18H,1-3H3/t17-,18+/m0/s1.